The van der Waals surface area contributed by atoms with Crippen molar-refractivity contribution in [2.24, 2.45) is 0 Å². The Hall–Kier alpha value is -2.49. The number of ether oxygens (including phenoxy) is 5. The Morgan fingerprint density at radius 3 is 2.00 bits per heavy atom. The molecule has 1 aromatic carbocycles. The van der Waals surface area contributed by atoms with E-state index in [0.717, 1.165) is 19.4 Å². The SMILES string of the molecule is CC(=O)O[C@@H]1[C@H](OC(C)=O)[C@@H](OC(C)=O)C(O)O[C@@H]1COCc1ccccc1. The van der Waals surface area contributed by atoms with Crippen molar-refractivity contribution in [3.05, 3.63) is 35.9 Å². The number of aliphatic hydroxyl groups excluding tert-OH is 1. The summed E-state index contributed by atoms with van der Waals surface area (Å²) in [7, 11) is 0. The van der Waals surface area contributed by atoms with Crippen LogP contribution in [0.15, 0.2) is 30.3 Å². The van der Waals surface area contributed by atoms with Crippen molar-refractivity contribution in [3.8, 4) is 0 Å². The maximum Gasteiger partial charge on any atom is 0.303 e. The van der Waals surface area contributed by atoms with Gasteiger partial charge in [0.05, 0.1) is 13.2 Å². The first-order valence-corrected chi connectivity index (χ1v) is 8.74. The Morgan fingerprint density at radius 1 is 0.893 bits per heavy atom. The van der Waals surface area contributed by atoms with Crippen LogP contribution in [0.3, 0.4) is 0 Å². The predicted molar refractivity (Wildman–Crippen MR) is 93.6 cm³/mol. The number of hydrogen-bond acceptors (Lipinski definition) is 9. The standard InChI is InChI=1S/C19H24O9/c1-11(20)25-16-15(10-24-9-14-7-5-4-6-8-14)28-19(23)18(27-13(3)22)17(16)26-12(2)21/h4-8,15-19,23H,9-10H2,1-3H3/t15-,16+,17+,18-,19?/m1/s1. The molecule has 1 N–H and O–H groups in total. The van der Waals surface area contributed by atoms with Gasteiger partial charge < -0.3 is 28.8 Å². The zero-order chi connectivity index (χ0) is 20.7. The van der Waals surface area contributed by atoms with Gasteiger partial charge in [0.2, 0.25) is 0 Å². The van der Waals surface area contributed by atoms with Crippen LogP contribution in [-0.4, -0.2) is 60.3 Å². The molecule has 0 radical (unpaired) electrons. The molecule has 28 heavy (non-hydrogen) atoms. The lowest BCUT2D eigenvalue weighted by molar-refractivity contribution is -0.297. The molecule has 0 aliphatic carbocycles. The van der Waals surface area contributed by atoms with Gasteiger partial charge in [0, 0.05) is 20.8 Å². The molecule has 5 atom stereocenters. The van der Waals surface area contributed by atoms with Gasteiger partial charge in [0.25, 0.3) is 0 Å². The minimum atomic E-state index is -1.59. The Kier molecular flexibility index (Phi) is 7.91. The van der Waals surface area contributed by atoms with Crippen molar-refractivity contribution in [3.63, 3.8) is 0 Å². The molecule has 1 unspecified atom stereocenters. The molecule has 1 heterocycles. The van der Waals surface area contributed by atoms with Gasteiger partial charge >= 0.3 is 17.9 Å². The van der Waals surface area contributed by atoms with Crippen LogP contribution in [0.2, 0.25) is 0 Å². The molecular weight excluding hydrogens is 372 g/mol. The molecule has 0 amide bonds. The van der Waals surface area contributed by atoms with Crippen molar-refractivity contribution < 1.29 is 43.2 Å². The van der Waals surface area contributed by atoms with Gasteiger partial charge in [-0.1, -0.05) is 30.3 Å². The zero-order valence-corrected chi connectivity index (χ0v) is 15.9. The molecule has 0 spiro atoms. The summed E-state index contributed by atoms with van der Waals surface area (Å²) in [5, 5.41) is 10.3. The van der Waals surface area contributed by atoms with Crippen molar-refractivity contribution in [2.75, 3.05) is 6.61 Å². The summed E-state index contributed by atoms with van der Waals surface area (Å²) in [6.07, 6.45) is -6.27. The minimum absolute atomic E-state index is 0.0611. The van der Waals surface area contributed by atoms with Gasteiger partial charge in [-0.2, -0.15) is 0 Å². The van der Waals surface area contributed by atoms with Crippen molar-refractivity contribution in [2.45, 2.75) is 58.1 Å². The monoisotopic (exact) mass is 396 g/mol. The molecule has 2 rings (SSSR count). The second-order valence-corrected chi connectivity index (χ2v) is 6.29. The number of hydrogen-bond donors (Lipinski definition) is 1. The fourth-order valence-electron chi connectivity index (χ4n) is 2.87. The molecule has 9 nitrogen and oxygen atoms in total. The number of carbonyl (C=O) groups excluding carboxylic acids is 3. The van der Waals surface area contributed by atoms with E-state index in [1.807, 2.05) is 30.3 Å². The molecule has 0 bridgehead atoms. The smallest absolute Gasteiger partial charge is 0.303 e. The van der Waals surface area contributed by atoms with E-state index in [4.69, 9.17) is 23.7 Å². The molecule has 1 fully saturated rings. The van der Waals surface area contributed by atoms with Crippen LogP contribution < -0.4 is 0 Å². The Morgan fingerprint density at radius 2 is 1.43 bits per heavy atom. The Labute approximate surface area is 162 Å². The van der Waals surface area contributed by atoms with Gasteiger partial charge in [0.1, 0.15) is 6.10 Å². The van der Waals surface area contributed by atoms with Crippen molar-refractivity contribution in [1.29, 1.82) is 0 Å². The fraction of sp³-hybridized carbons (Fsp3) is 0.526. The zero-order valence-electron chi connectivity index (χ0n) is 15.9. The highest BCUT2D eigenvalue weighted by Crippen LogP contribution is 2.28. The largest absolute Gasteiger partial charge is 0.456 e. The summed E-state index contributed by atoms with van der Waals surface area (Å²) in [4.78, 5) is 34.5. The third kappa shape index (κ3) is 6.29. The van der Waals surface area contributed by atoms with E-state index in [1.54, 1.807) is 0 Å². The van der Waals surface area contributed by atoms with Crippen molar-refractivity contribution in [1.82, 2.24) is 0 Å². The van der Waals surface area contributed by atoms with E-state index >= 15 is 0 Å². The molecule has 154 valence electrons. The predicted octanol–water partition coefficient (Wildman–Crippen LogP) is 0.716. The van der Waals surface area contributed by atoms with Gasteiger partial charge in [-0.25, -0.2) is 0 Å². The van der Waals surface area contributed by atoms with E-state index in [9.17, 15) is 19.5 Å². The maximum absolute atomic E-state index is 11.6. The second kappa shape index (κ2) is 10.2. The molecule has 1 saturated heterocycles. The molecule has 0 aromatic heterocycles. The molecule has 1 aliphatic rings. The molecule has 1 aliphatic heterocycles. The first-order valence-electron chi connectivity index (χ1n) is 8.74. The quantitative estimate of drug-likeness (QED) is 0.525. The lowest BCUT2D eigenvalue weighted by atomic mass is 9.98. The highest BCUT2D eigenvalue weighted by molar-refractivity contribution is 5.68. The molecule has 0 saturated carbocycles. The van der Waals surface area contributed by atoms with Crippen LogP contribution in [0.5, 0.6) is 0 Å². The number of esters is 3. The summed E-state index contributed by atoms with van der Waals surface area (Å²) in [5.41, 5.74) is 0.914. The van der Waals surface area contributed by atoms with Crippen molar-refractivity contribution >= 4 is 17.9 Å². The van der Waals surface area contributed by atoms with Crippen LogP contribution in [0.25, 0.3) is 0 Å². The van der Waals surface area contributed by atoms with Crippen LogP contribution in [0.1, 0.15) is 26.3 Å². The van der Waals surface area contributed by atoms with E-state index in [0.29, 0.717) is 0 Å². The average Bonchev–Trinajstić information content (AvgIpc) is 2.61. The van der Waals surface area contributed by atoms with Gasteiger partial charge in [-0.3, -0.25) is 14.4 Å². The van der Waals surface area contributed by atoms with E-state index in [2.05, 4.69) is 0 Å². The Bertz CT molecular complexity index is 675. The summed E-state index contributed by atoms with van der Waals surface area (Å²) >= 11 is 0. The highest BCUT2D eigenvalue weighted by atomic mass is 16.7. The maximum atomic E-state index is 11.6. The first kappa shape index (κ1) is 21.8. The van der Waals surface area contributed by atoms with Gasteiger partial charge in [-0.05, 0) is 5.56 Å². The summed E-state index contributed by atoms with van der Waals surface area (Å²) in [6.45, 7) is 3.66. The van der Waals surface area contributed by atoms with Crippen LogP contribution >= 0.6 is 0 Å². The fourth-order valence-corrected chi connectivity index (χ4v) is 2.87. The second-order valence-electron chi connectivity index (χ2n) is 6.29. The van der Waals surface area contributed by atoms with Crippen LogP contribution in [-0.2, 0) is 44.7 Å². The molecule has 1 aromatic rings. The van der Waals surface area contributed by atoms with Gasteiger partial charge in [-0.15, -0.1) is 0 Å². The lowest BCUT2D eigenvalue weighted by Gasteiger charge is -2.42. The lowest BCUT2D eigenvalue weighted by Crippen LogP contribution is -2.62. The normalized spacial score (nSPS) is 26.9. The highest BCUT2D eigenvalue weighted by Gasteiger charge is 2.51. The number of benzene rings is 1. The number of aliphatic hydroxyl groups is 1. The third-order valence-corrected chi connectivity index (χ3v) is 3.91. The van der Waals surface area contributed by atoms with Gasteiger partial charge in [0.15, 0.2) is 24.6 Å². The van der Waals surface area contributed by atoms with Crippen LogP contribution in [0, 0.1) is 0 Å². The first-order chi connectivity index (χ1) is 13.3. The van der Waals surface area contributed by atoms with E-state index in [1.165, 1.54) is 6.92 Å². The summed E-state index contributed by atoms with van der Waals surface area (Å²) in [6, 6.07) is 9.35. The molecular formula is C19H24O9. The minimum Gasteiger partial charge on any atom is -0.456 e. The average molecular weight is 396 g/mol. The van der Waals surface area contributed by atoms with Crippen LogP contribution in [0.4, 0.5) is 0 Å². The molecule has 9 heteroatoms. The van der Waals surface area contributed by atoms with E-state index < -0.39 is 48.6 Å². The number of carbonyl (C=O) groups is 3. The topological polar surface area (TPSA) is 118 Å². The van der Waals surface area contributed by atoms with E-state index in [-0.39, 0.29) is 13.2 Å². The number of rotatable bonds is 7. The third-order valence-electron chi connectivity index (χ3n) is 3.91. The summed E-state index contributed by atoms with van der Waals surface area (Å²) in [5.74, 6) is -2.07. The Balaban J connectivity index is 2.16. The summed E-state index contributed by atoms with van der Waals surface area (Å²) < 4.78 is 26.5.